The highest BCUT2D eigenvalue weighted by Crippen LogP contribution is 2.19. The number of sulfonamides is 1. The van der Waals surface area contributed by atoms with Crippen LogP contribution in [0.3, 0.4) is 0 Å². The van der Waals surface area contributed by atoms with Crippen molar-refractivity contribution in [1.82, 2.24) is 9.29 Å². The number of nitrogens with zero attached hydrogens (tertiary/aromatic N) is 1. The molecule has 1 amide bonds. The van der Waals surface area contributed by atoms with Crippen LogP contribution in [0.5, 0.6) is 0 Å². The predicted octanol–water partition coefficient (Wildman–Crippen LogP) is 1.70. The summed E-state index contributed by atoms with van der Waals surface area (Å²) in [6.45, 7) is 1.58. The normalized spacial score (nSPS) is 12.8. The predicted molar refractivity (Wildman–Crippen MR) is 96.5 cm³/mol. The van der Waals surface area contributed by atoms with Crippen molar-refractivity contribution < 1.29 is 17.6 Å². The summed E-state index contributed by atoms with van der Waals surface area (Å²) < 4.78 is 32.0. The summed E-state index contributed by atoms with van der Waals surface area (Å²) in [5.41, 5.74) is 1.34. The van der Waals surface area contributed by atoms with Gasteiger partial charge in [0.15, 0.2) is 5.58 Å². The number of para-hydroxylation sites is 2. The van der Waals surface area contributed by atoms with Crippen LogP contribution in [0.4, 0.5) is 5.69 Å². The van der Waals surface area contributed by atoms with E-state index < -0.39 is 27.7 Å². The largest absolute Gasteiger partial charge is 0.420 e. The van der Waals surface area contributed by atoms with Gasteiger partial charge in [0.1, 0.15) is 6.04 Å². The number of oxazole rings is 1. The molecule has 0 radical (unpaired) electrons. The minimum atomic E-state index is -3.55. The number of amides is 1. The summed E-state index contributed by atoms with van der Waals surface area (Å²) in [5, 5.41) is 2.66. The number of anilines is 1. The average molecular weight is 375 g/mol. The lowest BCUT2D eigenvalue weighted by molar-refractivity contribution is -0.118. The van der Waals surface area contributed by atoms with E-state index in [9.17, 15) is 18.0 Å². The lowest BCUT2D eigenvalue weighted by Crippen LogP contribution is -2.29. The van der Waals surface area contributed by atoms with Crippen LogP contribution in [-0.2, 0) is 14.8 Å². The van der Waals surface area contributed by atoms with Crippen LogP contribution < -0.4 is 15.8 Å². The first-order valence-electron chi connectivity index (χ1n) is 7.78. The van der Waals surface area contributed by atoms with E-state index >= 15 is 0 Å². The molecular weight excluding hydrogens is 358 g/mol. The van der Waals surface area contributed by atoms with Gasteiger partial charge in [0.2, 0.25) is 15.9 Å². The highest BCUT2D eigenvalue weighted by molar-refractivity contribution is 7.89. The Hall–Kier alpha value is -2.91. The van der Waals surface area contributed by atoms with E-state index in [0.717, 1.165) is 0 Å². The number of carbonyl (C=O) groups excluding carboxylic acids is 1. The van der Waals surface area contributed by atoms with Gasteiger partial charge < -0.3 is 9.73 Å². The van der Waals surface area contributed by atoms with Crippen molar-refractivity contribution in [3.63, 3.8) is 0 Å². The Kier molecular flexibility index (Phi) is 4.66. The lowest BCUT2D eigenvalue weighted by atomic mass is 10.2. The summed E-state index contributed by atoms with van der Waals surface area (Å²) in [6.07, 6.45) is 0. The molecule has 26 heavy (non-hydrogen) atoms. The monoisotopic (exact) mass is 375 g/mol. The van der Waals surface area contributed by atoms with Crippen molar-refractivity contribution in [2.24, 2.45) is 0 Å². The number of carbonyl (C=O) groups is 1. The Balaban J connectivity index is 1.83. The van der Waals surface area contributed by atoms with Gasteiger partial charge in [0.05, 0.1) is 10.4 Å². The molecule has 1 unspecified atom stereocenters. The number of hydrogen-bond acceptors (Lipinski definition) is 5. The number of aromatic nitrogens is 1. The van der Waals surface area contributed by atoms with Crippen molar-refractivity contribution in [3.8, 4) is 0 Å². The first-order chi connectivity index (χ1) is 12.3. The fourth-order valence-corrected chi connectivity index (χ4v) is 3.28. The second kappa shape index (κ2) is 6.77. The van der Waals surface area contributed by atoms with Crippen LogP contribution >= 0.6 is 0 Å². The molecule has 1 aromatic heterocycles. The summed E-state index contributed by atoms with van der Waals surface area (Å²) in [5.74, 6) is -1.05. The molecule has 8 nitrogen and oxygen atoms in total. The molecule has 0 aliphatic carbocycles. The van der Waals surface area contributed by atoms with Gasteiger partial charge >= 0.3 is 5.76 Å². The summed E-state index contributed by atoms with van der Waals surface area (Å²) in [4.78, 5) is 24.7. The maximum absolute atomic E-state index is 12.5. The maximum atomic E-state index is 12.5. The summed E-state index contributed by atoms with van der Waals surface area (Å²) >= 11 is 0. The number of benzene rings is 2. The third-order valence-corrected chi connectivity index (χ3v) is 5.42. The number of hydrogen-bond donors (Lipinski definition) is 2. The van der Waals surface area contributed by atoms with Crippen LogP contribution in [0.1, 0.15) is 13.0 Å². The molecule has 136 valence electrons. The second-order valence-electron chi connectivity index (χ2n) is 5.60. The van der Waals surface area contributed by atoms with Gasteiger partial charge in [-0.25, -0.2) is 17.9 Å². The van der Waals surface area contributed by atoms with E-state index in [0.29, 0.717) is 16.8 Å². The molecule has 0 aliphatic heterocycles. The zero-order chi connectivity index (χ0) is 18.9. The van der Waals surface area contributed by atoms with Gasteiger partial charge in [-0.15, -0.1) is 0 Å². The van der Waals surface area contributed by atoms with Crippen molar-refractivity contribution in [3.05, 3.63) is 59.1 Å². The molecule has 0 spiro atoms. The van der Waals surface area contributed by atoms with Gasteiger partial charge in [-0.1, -0.05) is 12.1 Å². The third-order valence-electron chi connectivity index (χ3n) is 3.99. The molecular formula is C17H17N3O5S. The van der Waals surface area contributed by atoms with Crippen LogP contribution in [0.2, 0.25) is 0 Å². The van der Waals surface area contributed by atoms with Crippen LogP contribution in [0.25, 0.3) is 11.1 Å². The molecule has 0 fully saturated rings. The van der Waals surface area contributed by atoms with Gasteiger partial charge in [0, 0.05) is 5.69 Å². The fourth-order valence-electron chi connectivity index (χ4n) is 2.55. The summed E-state index contributed by atoms with van der Waals surface area (Å²) in [7, 11) is -2.23. The third kappa shape index (κ3) is 3.26. The van der Waals surface area contributed by atoms with Crippen molar-refractivity contribution in [2.45, 2.75) is 17.9 Å². The van der Waals surface area contributed by atoms with Crippen LogP contribution in [-0.4, -0.2) is 25.9 Å². The Labute approximate surface area is 149 Å². The lowest BCUT2D eigenvalue weighted by Gasteiger charge is -2.13. The quantitative estimate of drug-likeness (QED) is 0.705. The Morgan fingerprint density at radius 1 is 1.12 bits per heavy atom. The SMILES string of the molecule is CNS(=O)(=O)c1ccc(NC(=O)C(C)n2c(=O)oc3ccccc32)cc1. The number of nitrogens with one attached hydrogen (secondary N) is 2. The molecule has 2 N–H and O–H groups in total. The van der Waals surface area contributed by atoms with E-state index in [1.54, 1.807) is 31.2 Å². The molecule has 1 heterocycles. The smallest absolute Gasteiger partial charge is 0.408 e. The molecule has 0 saturated heterocycles. The maximum Gasteiger partial charge on any atom is 0.420 e. The highest BCUT2D eigenvalue weighted by atomic mass is 32.2. The number of rotatable bonds is 5. The van der Waals surface area contributed by atoms with Gasteiger partial charge in [-0.3, -0.25) is 9.36 Å². The zero-order valence-corrected chi connectivity index (χ0v) is 14.9. The zero-order valence-electron chi connectivity index (χ0n) is 14.1. The molecule has 3 rings (SSSR count). The van der Waals surface area contributed by atoms with E-state index in [4.69, 9.17) is 4.42 Å². The molecule has 0 saturated carbocycles. The van der Waals surface area contributed by atoms with Crippen molar-refractivity contribution in [2.75, 3.05) is 12.4 Å². The molecule has 0 aliphatic rings. The van der Waals surface area contributed by atoms with E-state index in [-0.39, 0.29) is 4.90 Å². The van der Waals surface area contributed by atoms with Crippen LogP contribution in [0.15, 0.2) is 62.6 Å². The molecule has 3 aromatic rings. The minimum Gasteiger partial charge on any atom is -0.408 e. The first kappa shape index (κ1) is 17.9. The topological polar surface area (TPSA) is 110 Å². The van der Waals surface area contributed by atoms with Gasteiger partial charge in [-0.2, -0.15) is 0 Å². The Bertz CT molecular complexity index is 1110. The van der Waals surface area contributed by atoms with E-state index in [1.807, 2.05) is 0 Å². The average Bonchev–Trinajstić information content (AvgIpc) is 2.97. The molecule has 2 aromatic carbocycles. The molecule has 9 heteroatoms. The Morgan fingerprint density at radius 2 is 1.77 bits per heavy atom. The standard InChI is InChI=1S/C17H17N3O5S/c1-11(20-14-5-3-4-6-15(14)25-17(20)22)16(21)19-12-7-9-13(10-8-12)26(23,24)18-2/h3-11,18H,1-2H3,(H,19,21). The van der Waals surface area contributed by atoms with E-state index in [2.05, 4.69) is 10.0 Å². The van der Waals surface area contributed by atoms with Crippen LogP contribution in [0, 0.1) is 0 Å². The van der Waals surface area contributed by atoms with Crippen molar-refractivity contribution >= 4 is 32.7 Å². The molecule has 1 atom stereocenters. The molecule has 0 bridgehead atoms. The minimum absolute atomic E-state index is 0.0862. The summed E-state index contributed by atoms with van der Waals surface area (Å²) in [6, 6.07) is 11.7. The van der Waals surface area contributed by atoms with Gasteiger partial charge in [-0.05, 0) is 50.4 Å². The highest BCUT2D eigenvalue weighted by Gasteiger charge is 2.21. The Morgan fingerprint density at radius 3 is 2.42 bits per heavy atom. The fraction of sp³-hybridized carbons (Fsp3) is 0.176. The van der Waals surface area contributed by atoms with E-state index in [1.165, 1.54) is 35.9 Å². The van der Waals surface area contributed by atoms with Crippen molar-refractivity contribution in [1.29, 1.82) is 0 Å². The van der Waals surface area contributed by atoms with Gasteiger partial charge in [0.25, 0.3) is 0 Å². The first-order valence-corrected chi connectivity index (χ1v) is 9.26. The second-order valence-corrected chi connectivity index (χ2v) is 7.49. The number of fused-ring (bicyclic) bond motifs is 1.